The molecule has 1 aromatic heterocycles. The van der Waals surface area contributed by atoms with Crippen LogP contribution in [0.5, 0.6) is 5.75 Å². The van der Waals surface area contributed by atoms with Crippen LogP contribution in [0.4, 0.5) is 4.39 Å². The zero-order chi connectivity index (χ0) is 27.8. The predicted molar refractivity (Wildman–Crippen MR) is 160 cm³/mol. The summed E-state index contributed by atoms with van der Waals surface area (Å²) >= 11 is 0. The van der Waals surface area contributed by atoms with Crippen LogP contribution in [0.3, 0.4) is 0 Å². The van der Waals surface area contributed by atoms with E-state index in [0.717, 1.165) is 54.1 Å². The summed E-state index contributed by atoms with van der Waals surface area (Å²) in [7, 11) is 0. The van der Waals surface area contributed by atoms with E-state index >= 15 is 0 Å². The Labute approximate surface area is 233 Å². The van der Waals surface area contributed by atoms with Crippen molar-refractivity contribution in [3.8, 4) is 17.0 Å². The number of benzene rings is 3. The van der Waals surface area contributed by atoms with Gasteiger partial charge >= 0.3 is 0 Å². The first-order valence-electron chi connectivity index (χ1n) is 14.2. The molecule has 0 aliphatic carbocycles. The maximum absolute atomic E-state index is 13.6. The summed E-state index contributed by atoms with van der Waals surface area (Å²) in [6.07, 6.45) is 2.88. The molecule has 39 heavy (non-hydrogen) atoms. The molecule has 0 saturated heterocycles. The molecule has 4 aromatic rings. The van der Waals surface area contributed by atoms with Crippen molar-refractivity contribution in [3.63, 3.8) is 0 Å². The minimum atomic E-state index is -0.211. The van der Waals surface area contributed by atoms with Crippen molar-refractivity contribution in [2.24, 2.45) is 0 Å². The molecular formula is C35H41FN2O. The van der Waals surface area contributed by atoms with Crippen molar-refractivity contribution in [1.82, 2.24) is 9.88 Å². The normalized spacial score (nSPS) is 11.4. The third-order valence-electron chi connectivity index (χ3n) is 7.17. The number of halogens is 1. The molecule has 3 aromatic carbocycles. The number of ether oxygens (including phenoxy) is 1. The number of nitrogens with zero attached hydrogens (tertiary/aromatic N) is 2. The van der Waals surface area contributed by atoms with Crippen molar-refractivity contribution in [1.29, 1.82) is 0 Å². The van der Waals surface area contributed by atoms with E-state index in [4.69, 9.17) is 9.72 Å². The molecule has 0 saturated carbocycles. The Morgan fingerprint density at radius 1 is 0.821 bits per heavy atom. The standard InChI is InChI=1S/C35H41FN2O/c1-6-29-14-11-15-30(7-2)35(29)33-22-34(39-25(3)4)32(26(5)37-33)24-38(21-20-27-12-9-8-10-13-27)23-28-16-18-31(36)19-17-28/h8-19,22,25H,6-7,20-21,23-24H2,1-5H3. The van der Waals surface area contributed by atoms with Gasteiger partial charge in [0, 0.05) is 42.5 Å². The molecule has 4 heteroatoms. The molecule has 3 nitrogen and oxygen atoms in total. The van der Waals surface area contributed by atoms with E-state index in [1.54, 1.807) is 0 Å². The number of aryl methyl sites for hydroxylation is 3. The van der Waals surface area contributed by atoms with Crippen LogP contribution >= 0.6 is 0 Å². The second-order valence-electron chi connectivity index (χ2n) is 10.5. The number of hydrogen-bond donors (Lipinski definition) is 0. The highest BCUT2D eigenvalue weighted by molar-refractivity contribution is 5.70. The third kappa shape index (κ3) is 7.54. The van der Waals surface area contributed by atoms with Crippen LogP contribution in [-0.4, -0.2) is 22.5 Å². The zero-order valence-electron chi connectivity index (χ0n) is 24.0. The van der Waals surface area contributed by atoms with E-state index in [1.807, 2.05) is 18.2 Å². The summed E-state index contributed by atoms with van der Waals surface area (Å²) in [6.45, 7) is 12.9. The van der Waals surface area contributed by atoms with Crippen molar-refractivity contribution >= 4 is 0 Å². The SMILES string of the molecule is CCc1cccc(CC)c1-c1cc(OC(C)C)c(CN(CCc2ccccc2)Cc2ccc(F)cc2)c(C)n1. The van der Waals surface area contributed by atoms with E-state index in [1.165, 1.54) is 34.4 Å². The summed E-state index contributed by atoms with van der Waals surface area (Å²) < 4.78 is 20.1. The number of aromatic nitrogens is 1. The Bertz CT molecular complexity index is 1330. The molecular weight excluding hydrogens is 483 g/mol. The molecule has 4 rings (SSSR count). The zero-order valence-corrected chi connectivity index (χ0v) is 24.0. The first-order chi connectivity index (χ1) is 18.9. The van der Waals surface area contributed by atoms with Crippen molar-refractivity contribution in [2.75, 3.05) is 6.54 Å². The van der Waals surface area contributed by atoms with Gasteiger partial charge in [0.15, 0.2) is 0 Å². The number of rotatable bonds is 12. The molecule has 0 amide bonds. The lowest BCUT2D eigenvalue weighted by Crippen LogP contribution is -2.26. The van der Waals surface area contributed by atoms with Gasteiger partial charge in [-0.05, 0) is 74.4 Å². The van der Waals surface area contributed by atoms with Gasteiger partial charge in [0.05, 0.1) is 11.8 Å². The predicted octanol–water partition coefficient (Wildman–Crippen LogP) is 8.35. The molecule has 0 aliphatic rings. The summed E-state index contributed by atoms with van der Waals surface area (Å²) in [5.41, 5.74) is 9.31. The summed E-state index contributed by atoms with van der Waals surface area (Å²) in [5.74, 6) is 0.681. The van der Waals surface area contributed by atoms with E-state index in [2.05, 4.69) is 88.0 Å². The molecule has 0 aliphatic heterocycles. The van der Waals surface area contributed by atoms with Gasteiger partial charge in [0.2, 0.25) is 0 Å². The Hall–Kier alpha value is -3.50. The van der Waals surface area contributed by atoms with Crippen LogP contribution in [0.15, 0.2) is 78.9 Å². The van der Waals surface area contributed by atoms with Crippen molar-refractivity contribution in [3.05, 3.63) is 118 Å². The fourth-order valence-electron chi connectivity index (χ4n) is 5.14. The second kappa shape index (κ2) is 13.5. The third-order valence-corrected chi connectivity index (χ3v) is 7.17. The van der Waals surface area contributed by atoms with E-state index in [0.29, 0.717) is 13.1 Å². The smallest absolute Gasteiger partial charge is 0.128 e. The van der Waals surface area contributed by atoms with Crippen LogP contribution in [0.25, 0.3) is 11.3 Å². The Kier molecular flexibility index (Phi) is 9.89. The lowest BCUT2D eigenvalue weighted by atomic mass is 9.94. The minimum absolute atomic E-state index is 0.0420. The maximum Gasteiger partial charge on any atom is 0.128 e. The molecule has 0 N–H and O–H groups in total. The lowest BCUT2D eigenvalue weighted by molar-refractivity contribution is 0.223. The van der Waals surface area contributed by atoms with Crippen LogP contribution < -0.4 is 4.74 Å². The monoisotopic (exact) mass is 524 g/mol. The fraction of sp³-hybridized carbons (Fsp3) is 0.343. The minimum Gasteiger partial charge on any atom is -0.491 e. The quantitative estimate of drug-likeness (QED) is 0.186. The highest BCUT2D eigenvalue weighted by Crippen LogP contribution is 2.34. The average Bonchev–Trinajstić information content (AvgIpc) is 2.94. The first kappa shape index (κ1) is 28.5. The lowest BCUT2D eigenvalue weighted by Gasteiger charge is -2.26. The molecule has 0 radical (unpaired) electrons. The van der Waals surface area contributed by atoms with E-state index in [9.17, 15) is 4.39 Å². The van der Waals surface area contributed by atoms with Gasteiger partial charge < -0.3 is 4.74 Å². The topological polar surface area (TPSA) is 25.4 Å². The fourth-order valence-corrected chi connectivity index (χ4v) is 5.14. The Balaban J connectivity index is 1.71. The van der Waals surface area contributed by atoms with Gasteiger partial charge in [0.25, 0.3) is 0 Å². The van der Waals surface area contributed by atoms with Crippen molar-refractivity contribution in [2.45, 2.75) is 73.1 Å². The van der Waals surface area contributed by atoms with Gasteiger partial charge in [-0.15, -0.1) is 0 Å². The second-order valence-corrected chi connectivity index (χ2v) is 10.5. The van der Waals surface area contributed by atoms with Gasteiger partial charge in [0.1, 0.15) is 11.6 Å². The number of pyridine rings is 1. The molecule has 0 atom stereocenters. The molecule has 204 valence electrons. The maximum atomic E-state index is 13.6. The highest BCUT2D eigenvalue weighted by Gasteiger charge is 2.19. The van der Waals surface area contributed by atoms with Gasteiger partial charge in [-0.1, -0.05) is 74.5 Å². The average molecular weight is 525 g/mol. The Morgan fingerprint density at radius 3 is 2.10 bits per heavy atom. The van der Waals surface area contributed by atoms with E-state index in [-0.39, 0.29) is 11.9 Å². The van der Waals surface area contributed by atoms with Gasteiger partial charge in [-0.2, -0.15) is 0 Å². The highest BCUT2D eigenvalue weighted by atomic mass is 19.1. The summed E-state index contributed by atoms with van der Waals surface area (Å²) in [4.78, 5) is 7.57. The molecule has 0 fully saturated rings. The first-order valence-corrected chi connectivity index (χ1v) is 14.2. The van der Waals surface area contributed by atoms with Gasteiger partial charge in [-0.3, -0.25) is 9.88 Å². The van der Waals surface area contributed by atoms with Crippen LogP contribution in [0.1, 0.15) is 61.2 Å². The molecule has 0 bridgehead atoms. The van der Waals surface area contributed by atoms with Crippen LogP contribution in [0, 0.1) is 12.7 Å². The van der Waals surface area contributed by atoms with Gasteiger partial charge in [-0.25, -0.2) is 4.39 Å². The number of hydrogen-bond acceptors (Lipinski definition) is 3. The van der Waals surface area contributed by atoms with Crippen LogP contribution in [-0.2, 0) is 32.4 Å². The molecule has 0 spiro atoms. The van der Waals surface area contributed by atoms with Crippen molar-refractivity contribution < 1.29 is 9.13 Å². The summed E-state index contributed by atoms with van der Waals surface area (Å²) in [6, 6.07) is 26.1. The largest absolute Gasteiger partial charge is 0.491 e. The van der Waals surface area contributed by atoms with E-state index < -0.39 is 0 Å². The molecule has 1 heterocycles. The molecule has 0 unspecified atom stereocenters. The van der Waals surface area contributed by atoms with Crippen LogP contribution in [0.2, 0.25) is 0 Å². The summed E-state index contributed by atoms with van der Waals surface area (Å²) in [5, 5.41) is 0. The Morgan fingerprint density at radius 2 is 1.49 bits per heavy atom.